The number of rotatable bonds is 13. The Hall–Kier alpha value is -12.3. The highest BCUT2D eigenvalue weighted by atomic mass is 17.2. The summed E-state index contributed by atoms with van der Waals surface area (Å²) in [5, 5.41) is 30.4. The molecule has 0 heterocycles. The van der Waals surface area contributed by atoms with Gasteiger partial charge < -0.3 is 38.9 Å². The zero-order valence-electron chi connectivity index (χ0n) is 38.5. The molecule has 13 N–H and O–H groups in total. The maximum absolute atomic E-state index is 11.6. The molecule has 0 spiro atoms. The van der Waals surface area contributed by atoms with Gasteiger partial charge >= 0.3 is 84.9 Å². The van der Waals surface area contributed by atoms with E-state index in [-0.39, 0.29) is 0 Å². The second kappa shape index (κ2) is 39.4. The maximum Gasteiger partial charge on any atom is 0.471 e. The van der Waals surface area contributed by atoms with Crippen LogP contribution in [-0.2, 0) is 86.8 Å². The first-order valence-electron chi connectivity index (χ1n) is 18.4. The van der Waals surface area contributed by atoms with E-state index in [1.54, 1.807) is 0 Å². The lowest BCUT2D eigenvalue weighted by atomic mass is 10.3. The fourth-order valence-electron chi connectivity index (χ4n) is 2.84. The maximum atomic E-state index is 11.6. The number of ether oxygens (including phenoxy) is 4. The third-order valence-corrected chi connectivity index (χ3v) is 5.86. The summed E-state index contributed by atoms with van der Waals surface area (Å²) in [5.41, 5.74) is 16.5. The van der Waals surface area contributed by atoms with Gasteiger partial charge in [-0.1, -0.05) is 41.2 Å². The van der Waals surface area contributed by atoms with Gasteiger partial charge in [-0.25, -0.2) is 164 Å². The SMILES string of the molecule is CC(OC(=O)NNC(=O)OOC(=O)NN=C=O)(OC(=O)NNC(=O)OOC(=O)NN=C=O)C(=O)O.CC(OC(=O)NNC(=O)OOC(=O)NN=C=O)(OC(=O)NNC(=O)OOC(=O)NN=C=O)C(=O)[O-].CCN(CC)CC. The van der Waals surface area contributed by atoms with Crippen molar-refractivity contribution in [3.05, 3.63) is 0 Å². The number of hydrazone groups is 4. The lowest BCUT2D eigenvalue weighted by Gasteiger charge is -2.29. The summed E-state index contributed by atoms with van der Waals surface area (Å²) >= 11 is 0. The molecule has 0 bridgehead atoms. The summed E-state index contributed by atoms with van der Waals surface area (Å²) in [6.07, 6.45) is -16.6. The number of nitrogens with one attached hydrogen (secondary N) is 12. The zero-order valence-corrected chi connectivity index (χ0v) is 38.5. The van der Waals surface area contributed by atoms with Crippen molar-refractivity contribution in [1.82, 2.24) is 70.0 Å². The average Bonchev–Trinajstić information content (AvgIpc) is 3.38. The molecule has 0 saturated carbocycles. The van der Waals surface area contributed by atoms with E-state index >= 15 is 0 Å². The molecule has 0 atom stereocenters. The number of carbonyl (C=O) groups excluding carboxylic acids is 17. The second-order valence-electron chi connectivity index (χ2n) is 10.9. The minimum Gasteiger partial charge on any atom is -0.543 e. The molecule has 0 aromatic carbocycles. The molecule has 0 fully saturated rings. The van der Waals surface area contributed by atoms with E-state index in [2.05, 4.69) is 104 Å². The molecule has 0 unspecified atom stereocenters. The Labute approximate surface area is 420 Å². The van der Waals surface area contributed by atoms with E-state index in [1.165, 1.54) is 84.7 Å². The first kappa shape index (κ1) is 68.9. The minimum atomic E-state index is -3.20. The van der Waals surface area contributed by atoms with Gasteiger partial charge in [-0.15, -0.1) is 0 Å². The van der Waals surface area contributed by atoms with Crippen molar-refractivity contribution < 1.29 is 155 Å². The van der Waals surface area contributed by atoms with Crippen molar-refractivity contribution in [1.29, 1.82) is 0 Å². The molecule has 12 amide bonds. The van der Waals surface area contributed by atoms with Crippen LogP contribution >= 0.6 is 0 Å². The highest BCUT2D eigenvalue weighted by Crippen LogP contribution is 2.14. The van der Waals surface area contributed by atoms with Gasteiger partial charge in [-0.05, 0) is 19.6 Å². The van der Waals surface area contributed by atoms with Crippen LogP contribution in [0, 0.1) is 0 Å². The van der Waals surface area contributed by atoms with Crippen LogP contribution in [0.3, 0.4) is 0 Å². The molecule has 424 valence electrons. The van der Waals surface area contributed by atoms with E-state index < -0.39 is 96.6 Å². The number of amides is 12. The Kier molecular flexibility index (Phi) is 35.3. The summed E-state index contributed by atoms with van der Waals surface area (Å²) in [5.74, 6) is -10.7. The van der Waals surface area contributed by atoms with E-state index in [9.17, 15) is 91.4 Å². The summed E-state index contributed by atoms with van der Waals surface area (Å²) in [6.45, 7) is 11.1. The van der Waals surface area contributed by atoms with Gasteiger partial charge in [-0.3, -0.25) is 0 Å². The largest absolute Gasteiger partial charge is 0.543 e. The van der Waals surface area contributed by atoms with Crippen molar-refractivity contribution in [3.63, 3.8) is 0 Å². The molecular weight excluding hydrogens is 1090 g/mol. The Balaban J connectivity index is -0.00000126. The molecule has 0 aromatic rings. The second-order valence-corrected chi connectivity index (χ2v) is 10.9. The molecule has 0 saturated heterocycles. The first-order chi connectivity index (χ1) is 36.2. The van der Waals surface area contributed by atoms with E-state index in [4.69, 9.17) is 5.11 Å². The molecule has 49 heteroatoms. The Morgan fingerprint density at radius 1 is 0.390 bits per heavy atom. The number of aliphatic carboxylic acids is 2. The smallest absolute Gasteiger partial charge is 0.471 e. The van der Waals surface area contributed by atoms with Crippen LogP contribution in [-0.4, -0.2) is 151 Å². The molecule has 77 heavy (non-hydrogen) atoms. The van der Waals surface area contributed by atoms with Crippen molar-refractivity contribution in [3.8, 4) is 0 Å². The number of isocyanates is 4. The third-order valence-electron chi connectivity index (χ3n) is 5.86. The van der Waals surface area contributed by atoms with Gasteiger partial charge in [0.15, 0.2) is 0 Å². The molecule has 49 nitrogen and oxygen atoms in total. The average molecular weight is 1120 g/mol. The van der Waals surface area contributed by atoms with Gasteiger partial charge in [0.25, 0.3) is 30.1 Å². The van der Waals surface area contributed by atoms with Crippen molar-refractivity contribution in [2.24, 2.45) is 20.4 Å². The fourth-order valence-corrected chi connectivity index (χ4v) is 2.84. The molecule has 0 aliphatic carbocycles. The topological polar surface area (TPSA) is 658 Å². The van der Waals surface area contributed by atoms with E-state index in [0.717, 1.165) is 24.3 Å². The van der Waals surface area contributed by atoms with Crippen LogP contribution in [0.5, 0.6) is 0 Å². The fraction of sp³-hybridized carbons (Fsp3) is 0.357. The lowest BCUT2D eigenvalue weighted by Crippen LogP contribution is -2.57. The van der Waals surface area contributed by atoms with Gasteiger partial charge in [0.2, 0.25) is 0 Å². The van der Waals surface area contributed by atoms with Crippen LogP contribution in [0.2, 0.25) is 0 Å². The molecule has 0 rings (SSSR count). The predicted molar refractivity (Wildman–Crippen MR) is 211 cm³/mol. The van der Waals surface area contributed by atoms with Gasteiger partial charge in [0.05, 0.1) is 0 Å². The first-order valence-corrected chi connectivity index (χ1v) is 18.4. The van der Waals surface area contributed by atoms with E-state index in [1.807, 2.05) is 0 Å². The standard InChI is InChI=1S/2C11H10N8O16.C6H15N/c2*1-11(4(22)23,30-5(24)16-18-9(28)34-32-7(26)14-12-2-20)31-6(25)17-19-10(29)35-33-8(27)15-13-3-21;1-4-7(5-2)6-3/h2*1H3,(H,14,26)(H,15,27)(H,16,24)(H,17,25)(H,18,28)(H,19,29)(H,22,23);4-6H2,1-3H3/p-1. The number of hydrogen-bond acceptors (Lipinski definition) is 36. The van der Waals surface area contributed by atoms with Crippen LogP contribution in [0.15, 0.2) is 20.4 Å². The molecule has 0 aromatic heterocycles. The monoisotopic (exact) mass is 1120 g/mol. The number of hydrazine groups is 4. The minimum absolute atomic E-state index is 0.458. The Morgan fingerprint density at radius 3 is 0.753 bits per heavy atom. The summed E-state index contributed by atoms with van der Waals surface area (Å²) < 4.78 is 17.0. The van der Waals surface area contributed by atoms with Crippen LogP contribution in [0.1, 0.15) is 34.6 Å². The van der Waals surface area contributed by atoms with Crippen molar-refractivity contribution in [2.75, 3.05) is 19.6 Å². The summed E-state index contributed by atoms with van der Waals surface area (Å²) in [6, 6.07) is 0. The van der Waals surface area contributed by atoms with Gasteiger partial charge in [0.1, 0.15) is 5.97 Å². The van der Waals surface area contributed by atoms with Crippen molar-refractivity contribution in [2.45, 2.75) is 46.2 Å². The quantitative estimate of drug-likeness (QED) is 0.0269. The van der Waals surface area contributed by atoms with E-state index in [0.29, 0.717) is 13.8 Å². The normalized spacial score (nSPS) is 10.4. The molecular formula is C28H34N17O32-. The zero-order chi connectivity index (χ0) is 59.4. The molecule has 0 aliphatic heterocycles. The van der Waals surface area contributed by atoms with Crippen LogP contribution in [0.25, 0.3) is 0 Å². The number of carboxylic acid groups (broad SMARTS) is 2. The number of hydrogen-bond donors (Lipinski definition) is 13. The number of carboxylic acids is 2. The Bertz CT molecular complexity index is 2030. The van der Waals surface area contributed by atoms with Crippen LogP contribution < -0.4 is 70.2 Å². The highest BCUT2D eigenvalue weighted by Gasteiger charge is 2.43. The highest BCUT2D eigenvalue weighted by molar-refractivity contribution is 5.84. The molecule has 0 aliphatic rings. The van der Waals surface area contributed by atoms with Crippen molar-refractivity contribution >= 4 is 109 Å². The summed E-state index contributed by atoms with van der Waals surface area (Å²) in [7, 11) is 0. The predicted octanol–water partition coefficient (Wildman–Crippen LogP) is -5.37. The molecule has 0 radical (unpaired) electrons. The van der Waals surface area contributed by atoms with Crippen LogP contribution in [0.4, 0.5) is 57.5 Å². The number of nitrogens with zero attached hydrogens (tertiary/aromatic N) is 5. The third kappa shape index (κ3) is 36.3. The van der Waals surface area contributed by atoms with Gasteiger partial charge in [-0.2, -0.15) is 21.7 Å². The Morgan fingerprint density at radius 2 is 0.584 bits per heavy atom. The summed E-state index contributed by atoms with van der Waals surface area (Å²) in [4.78, 5) is 228. The lowest BCUT2D eigenvalue weighted by molar-refractivity contribution is -0.342. The number of carbonyl (C=O) groups is 14. The van der Waals surface area contributed by atoms with Gasteiger partial charge in [0, 0.05) is 13.8 Å².